The fourth-order valence-corrected chi connectivity index (χ4v) is 1.71. The Hall–Kier alpha value is -1.32. The highest BCUT2D eigenvalue weighted by atomic mass is 16.2. The van der Waals surface area contributed by atoms with Crippen molar-refractivity contribution in [1.29, 1.82) is 0 Å². The number of rotatable bonds is 8. The van der Waals surface area contributed by atoms with Crippen molar-refractivity contribution in [1.82, 2.24) is 5.43 Å². The summed E-state index contributed by atoms with van der Waals surface area (Å²) in [5.41, 5.74) is 9.50. The van der Waals surface area contributed by atoms with Crippen molar-refractivity contribution in [2.24, 2.45) is 16.8 Å². The van der Waals surface area contributed by atoms with Crippen LogP contribution in [0.3, 0.4) is 0 Å². The largest absolute Gasteiger partial charge is 0.350 e. The minimum atomic E-state index is -0.607. The molecule has 0 radical (unpaired) electrons. The van der Waals surface area contributed by atoms with Crippen LogP contribution in [-0.2, 0) is 0 Å². The molecule has 104 valence electrons. The van der Waals surface area contributed by atoms with Crippen LogP contribution in [0.5, 0.6) is 0 Å². The number of urea groups is 1. The van der Waals surface area contributed by atoms with E-state index in [1.807, 2.05) is 6.92 Å². The van der Waals surface area contributed by atoms with E-state index in [2.05, 4.69) is 37.4 Å². The summed E-state index contributed by atoms with van der Waals surface area (Å²) in [5, 5.41) is 3.89. The van der Waals surface area contributed by atoms with Gasteiger partial charge in [0.05, 0.1) is 0 Å². The third kappa shape index (κ3) is 11.2. The standard InChI is InChI=1S/C14H27N3O/c1-11(2)7-5-8-12(3)9-6-10-13(4)16-17-14(15)18/h7,12H,5-6,8-10H2,1-4H3,(H3,15,17,18)/b16-13+. The molecule has 0 aliphatic rings. The van der Waals surface area contributed by atoms with E-state index in [-0.39, 0.29) is 0 Å². The minimum absolute atomic E-state index is 0.607. The van der Waals surface area contributed by atoms with Gasteiger partial charge in [0.1, 0.15) is 0 Å². The van der Waals surface area contributed by atoms with Crippen LogP contribution in [-0.4, -0.2) is 11.7 Å². The van der Waals surface area contributed by atoms with Crippen molar-refractivity contribution >= 4 is 11.7 Å². The molecule has 0 bridgehead atoms. The molecule has 0 saturated heterocycles. The molecule has 0 heterocycles. The Morgan fingerprint density at radius 3 is 2.56 bits per heavy atom. The molecule has 18 heavy (non-hydrogen) atoms. The van der Waals surface area contributed by atoms with Gasteiger partial charge in [0.15, 0.2) is 0 Å². The first-order chi connectivity index (χ1) is 8.41. The van der Waals surface area contributed by atoms with Crippen LogP contribution in [0.4, 0.5) is 4.79 Å². The van der Waals surface area contributed by atoms with Crippen molar-refractivity contribution in [3.05, 3.63) is 11.6 Å². The van der Waals surface area contributed by atoms with E-state index in [1.54, 1.807) is 0 Å². The van der Waals surface area contributed by atoms with E-state index in [0.717, 1.165) is 24.5 Å². The highest BCUT2D eigenvalue weighted by Crippen LogP contribution is 2.15. The summed E-state index contributed by atoms with van der Waals surface area (Å²) in [6, 6.07) is -0.607. The first-order valence-electron chi connectivity index (χ1n) is 6.63. The van der Waals surface area contributed by atoms with Crippen LogP contribution < -0.4 is 11.2 Å². The number of carbonyl (C=O) groups excluding carboxylic acids is 1. The molecular formula is C14H27N3O. The topological polar surface area (TPSA) is 67.5 Å². The van der Waals surface area contributed by atoms with Crippen molar-refractivity contribution in [3.63, 3.8) is 0 Å². The van der Waals surface area contributed by atoms with Gasteiger partial charge in [-0.1, -0.05) is 25.0 Å². The van der Waals surface area contributed by atoms with Crippen LogP contribution in [0.2, 0.25) is 0 Å². The smallest absolute Gasteiger partial charge is 0.332 e. The number of amides is 2. The molecule has 1 unspecified atom stereocenters. The Morgan fingerprint density at radius 1 is 1.33 bits per heavy atom. The van der Waals surface area contributed by atoms with Gasteiger partial charge in [-0.15, -0.1) is 0 Å². The molecule has 0 spiro atoms. The zero-order chi connectivity index (χ0) is 14.0. The maximum Gasteiger partial charge on any atom is 0.332 e. The maximum absolute atomic E-state index is 10.5. The molecule has 4 heteroatoms. The second-order valence-corrected chi connectivity index (χ2v) is 5.18. The minimum Gasteiger partial charge on any atom is -0.350 e. The number of nitrogens with zero attached hydrogens (tertiary/aromatic N) is 1. The third-order valence-corrected chi connectivity index (χ3v) is 2.80. The predicted molar refractivity (Wildman–Crippen MR) is 77.5 cm³/mol. The number of hydrogen-bond donors (Lipinski definition) is 2. The quantitative estimate of drug-likeness (QED) is 0.387. The van der Waals surface area contributed by atoms with Gasteiger partial charge in [-0.3, -0.25) is 0 Å². The van der Waals surface area contributed by atoms with Crippen molar-refractivity contribution in [2.75, 3.05) is 0 Å². The van der Waals surface area contributed by atoms with E-state index >= 15 is 0 Å². The number of nitrogens with one attached hydrogen (secondary N) is 1. The summed E-state index contributed by atoms with van der Waals surface area (Å²) in [7, 11) is 0. The molecule has 1 atom stereocenters. The Balaban J connectivity index is 3.67. The number of carbonyl (C=O) groups is 1. The molecule has 2 amide bonds. The van der Waals surface area contributed by atoms with Gasteiger partial charge in [0.25, 0.3) is 0 Å². The van der Waals surface area contributed by atoms with E-state index in [4.69, 9.17) is 5.73 Å². The molecule has 0 fully saturated rings. The monoisotopic (exact) mass is 253 g/mol. The molecule has 0 aromatic heterocycles. The third-order valence-electron chi connectivity index (χ3n) is 2.80. The number of allylic oxidation sites excluding steroid dienone is 2. The van der Waals surface area contributed by atoms with Crippen molar-refractivity contribution < 1.29 is 4.79 Å². The normalized spacial score (nSPS) is 13.0. The molecule has 4 nitrogen and oxygen atoms in total. The Labute approximate surface area is 111 Å². The number of hydrogen-bond acceptors (Lipinski definition) is 2. The molecule has 0 rings (SSSR count). The Morgan fingerprint density at radius 2 is 2.00 bits per heavy atom. The summed E-state index contributed by atoms with van der Waals surface area (Å²) in [6.07, 6.45) is 7.90. The fourth-order valence-electron chi connectivity index (χ4n) is 1.71. The van der Waals surface area contributed by atoms with Crippen LogP contribution >= 0.6 is 0 Å². The van der Waals surface area contributed by atoms with Gasteiger partial charge in [0.2, 0.25) is 0 Å². The van der Waals surface area contributed by atoms with Gasteiger partial charge < -0.3 is 5.73 Å². The summed E-state index contributed by atoms with van der Waals surface area (Å²) < 4.78 is 0. The zero-order valence-electron chi connectivity index (χ0n) is 12.1. The van der Waals surface area contributed by atoms with Crippen LogP contribution in [0.15, 0.2) is 16.8 Å². The lowest BCUT2D eigenvalue weighted by Gasteiger charge is -2.09. The van der Waals surface area contributed by atoms with E-state index in [0.29, 0.717) is 0 Å². The van der Waals surface area contributed by atoms with Gasteiger partial charge >= 0.3 is 6.03 Å². The summed E-state index contributed by atoms with van der Waals surface area (Å²) in [4.78, 5) is 10.5. The van der Waals surface area contributed by atoms with E-state index in [9.17, 15) is 4.79 Å². The molecule has 0 aromatic rings. The Kier molecular flexibility index (Phi) is 8.97. The lowest BCUT2D eigenvalue weighted by atomic mass is 9.97. The highest BCUT2D eigenvalue weighted by molar-refractivity contribution is 5.83. The van der Waals surface area contributed by atoms with E-state index < -0.39 is 6.03 Å². The Bertz CT molecular complexity index is 304. The lowest BCUT2D eigenvalue weighted by Crippen LogP contribution is -2.25. The molecule has 3 N–H and O–H groups in total. The second kappa shape index (κ2) is 9.68. The second-order valence-electron chi connectivity index (χ2n) is 5.18. The zero-order valence-corrected chi connectivity index (χ0v) is 12.1. The van der Waals surface area contributed by atoms with Gasteiger partial charge in [-0.05, 0) is 52.4 Å². The van der Waals surface area contributed by atoms with E-state index in [1.165, 1.54) is 24.8 Å². The average Bonchev–Trinajstić information content (AvgIpc) is 2.25. The van der Waals surface area contributed by atoms with Gasteiger partial charge in [-0.25, -0.2) is 10.2 Å². The summed E-state index contributed by atoms with van der Waals surface area (Å²) >= 11 is 0. The highest BCUT2D eigenvalue weighted by Gasteiger charge is 2.02. The number of nitrogens with two attached hydrogens (primary N) is 1. The lowest BCUT2D eigenvalue weighted by molar-refractivity contribution is 0.249. The van der Waals surface area contributed by atoms with Crippen molar-refractivity contribution in [3.8, 4) is 0 Å². The average molecular weight is 253 g/mol. The van der Waals surface area contributed by atoms with Crippen LogP contribution in [0.1, 0.15) is 59.8 Å². The summed E-state index contributed by atoms with van der Waals surface area (Å²) in [6.45, 7) is 8.46. The van der Waals surface area contributed by atoms with Crippen molar-refractivity contribution in [2.45, 2.75) is 59.8 Å². The van der Waals surface area contributed by atoms with Gasteiger partial charge in [0, 0.05) is 5.71 Å². The van der Waals surface area contributed by atoms with Crippen LogP contribution in [0, 0.1) is 5.92 Å². The number of primary amides is 1. The fraction of sp³-hybridized carbons (Fsp3) is 0.714. The first kappa shape index (κ1) is 16.7. The molecular weight excluding hydrogens is 226 g/mol. The maximum atomic E-state index is 10.5. The summed E-state index contributed by atoms with van der Waals surface area (Å²) in [5.74, 6) is 0.734. The molecule has 0 aliphatic heterocycles. The first-order valence-corrected chi connectivity index (χ1v) is 6.63. The van der Waals surface area contributed by atoms with Crippen LogP contribution in [0.25, 0.3) is 0 Å². The SMILES string of the molecule is CC(C)=CCCC(C)CCC/C(C)=N/NC(N)=O. The predicted octanol–water partition coefficient (Wildman–Crippen LogP) is 3.58. The molecule has 0 saturated carbocycles. The van der Waals surface area contributed by atoms with Gasteiger partial charge in [-0.2, -0.15) is 5.10 Å². The molecule has 0 aliphatic carbocycles. The number of hydrazone groups is 1. The molecule has 0 aromatic carbocycles.